The van der Waals surface area contributed by atoms with E-state index in [9.17, 15) is 13.5 Å². The van der Waals surface area contributed by atoms with Crippen molar-refractivity contribution >= 4 is 10.0 Å². The molecule has 3 atom stereocenters. The number of ether oxygens (including phenoxy) is 1. The molecule has 0 amide bonds. The van der Waals surface area contributed by atoms with E-state index in [0.29, 0.717) is 12.3 Å². The van der Waals surface area contributed by atoms with Crippen LogP contribution in [0.2, 0.25) is 0 Å². The molecule has 0 bridgehead atoms. The topological polar surface area (TPSA) is 83.0 Å². The minimum atomic E-state index is -3.82. The van der Waals surface area contributed by atoms with Gasteiger partial charge in [-0.1, -0.05) is 13.0 Å². The minimum Gasteiger partial charge on any atom is -0.487 e. The van der Waals surface area contributed by atoms with Crippen LogP contribution in [0.4, 0.5) is 0 Å². The summed E-state index contributed by atoms with van der Waals surface area (Å²) in [6, 6.07) is 8.39. The zero-order valence-corrected chi connectivity index (χ0v) is 18.1. The van der Waals surface area contributed by atoms with Gasteiger partial charge in [0, 0.05) is 37.4 Å². The predicted octanol–water partition coefficient (Wildman–Crippen LogP) is 2.08. The summed E-state index contributed by atoms with van der Waals surface area (Å²) < 4.78 is 34.5. The molecule has 29 heavy (non-hydrogen) atoms. The average molecular weight is 420 g/mol. The predicted molar refractivity (Wildman–Crippen MR) is 112 cm³/mol. The molecule has 2 heterocycles. The van der Waals surface area contributed by atoms with Crippen molar-refractivity contribution < 1.29 is 18.3 Å². The molecule has 0 saturated carbocycles. The highest BCUT2D eigenvalue weighted by Crippen LogP contribution is 2.36. The number of sulfonamides is 1. The molecule has 1 N–H and O–H groups in total. The maximum atomic E-state index is 13.4. The second-order valence-corrected chi connectivity index (χ2v) is 9.76. The van der Waals surface area contributed by atoms with E-state index >= 15 is 0 Å². The van der Waals surface area contributed by atoms with Gasteiger partial charge in [0.2, 0.25) is 10.0 Å². The van der Waals surface area contributed by atoms with Crippen molar-refractivity contribution in [2.45, 2.75) is 30.9 Å². The number of likely N-dealkylation sites (N-methyl/N-ethyl adjacent to an activating group) is 1. The van der Waals surface area contributed by atoms with Crippen molar-refractivity contribution in [1.29, 1.82) is 0 Å². The molecular formula is C21H29N3O4S. The number of benzene rings is 1. The molecule has 1 aromatic carbocycles. The van der Waals surface area contributed by atoms with Crippen LogP contribution in [0.3, 0.4) is 0 Å². The van der Waals surface area contributed by atoms with Gasteiger partial charge in [0.05, 0.1) is 6.61 Å². The standard InChI is InChI=1S/C21H29N3O4S/c1-15-12-24(16(2)14-25)29(26,27)21-6-5-18(17-7-9-22-10-8-17)11-19(21)28-20(15)13-23(3)4/h5-11,15-16,20,25H,12-14H2,1-4H3/t15-,16+,20-/m0/s1. The quantitative estimate of drug-likeness (QED) is 0.799. The van der Waals surface area contributed by atoms with Gasteiger partial charge in [-0.25, -0.2) is 8.42 Å². The first-order chi connectivity index (χ1) is 13.7. The first-order valence-corrected chi connectivity index (χ1v) is 11.2. The van der Waals surface area contributed by atoms with Gasteiger partial charge < -0.3 is 14.7 Å². The summed E-state index contributed by atoms with van der Waals surface area (Å²) in [4.78, 5) is 6.20. The van der Waals surface area contributed by atoms with Crippen molar-refractivity contribution in [3.05, 3.63) is 42.7 Å². The van der Waals surface area contributed by atoms with E-state index < -0.39 is 16.1 Å². The molecule has 3 rings (SSSR count). The monoisotopic (exact) mass is 419 g/mol. The summed E-state index contributed by atoms with van der Waals surface area (Å²) in [6.45, 7) is 4.41. The lowest BCUT2D eigenvalue weighted by molar-refractivity contribution is 0.0813. The van der Waals surface area contributed by atoms with Crippen LogP contribution >= 0.6 is 0 Å². The van der Waals surface area contributed by atoms with Gasteiger partial charge in [0.15, 0.2) is 0 Å². The van der Waals surface area contributed by atoms with E-state index in [1.54, 1.807) is 37.5 Å². The van der Waals surface area contributed by atoms with Crippen LogP contribution in [0.1, 0.15) is 13.8 Å². The Balaban J connectivity index is 2.14. The highest BCUT2D eigenvalue weighted by Gasteiger charge is 2.37. The summed E-state index contributed by atoms with van der Waals surface area (Å²) in [5, 5.41) is 9.67. The molecule has 1 aromatic heterocycles. The SMILES string of the molecule is C[C@H](CO)N1C[C@H](C)[C@H](CN(C)C)Oc2cc(-c3ccncc3)ccc2S1(=O)=O. The van der Waals surface area contributed by atoms with E-state index in [-0.39, 0.29) is 30.1 Å². The minimum absolute atomic E-state index is 0.0566. The third-order valence-corrected chi connectivity index (χ3v) is 7.25. The number of aliphatic hydroxyl groups excluding tert-OH is 1. The molecule has 0 fully saturated rings. The molecule has 0 saturated heterocycles. The van der Waals surface area contributed by atoms with Gasteiger partial charge in [-0.05, 0) is 56.4 Å². The fourth-order valence-electron chi connectivity index (χ4n) is 3.53. The van der Waals surface area contributed by atoms with E-state index in [4.69, 9.17) is 4.74 Å². The van der Waals surface area contributed by atoms with Crippen LogP contribution in [0.25, 0.3) is 11.1 Å². The lowest BCUT2D eigenvalue weighted by Gasteiger charge is -2.37. The Morgan fingerprint density at radius 3 is 2.55 bits per heavy atom. The van der Waals surface area contributed by atoms with Crippen LogP contribution in [0, 0.1) is 5.92 Å². The second kappa shape index (κ2) is 8.79. The van der Waals surface area contributed by atoms with E-state index in [0.717, 1.165) is 11.1 Å². The molecule has 0 unspecified atom stereocenters. The van der Waals surface area contributed by atoms with E-state index in [1.807, 2.05) is 38.1 Å². The summed E-state index contributed by atoms with van der Waals surface area (Å²) in [5.41, 5.74) is 1.79. The Kier molecular flexibility index (Phi) is 6.58. The average Bonchev–Trinajstić information content (AvgIpc) is 2.70. The molecule has 7 nitrogen and oxygen atoms in total. The largest absolute Gasteiger partial charge is 0.487 e. The molecule has 1 aliphatic rings. The highest BCUT2D eigenvalue weighted by molar-refractivity contribution is 7.89. The van der Waals surface area contributed by atoms with Gasteiger partial charge in [-0.3, -0.25) is 4.98 Å². The zero-order chi connectivity index (χ0) is 21.2. The first kappa shape index (κ1) is 21.7. The van der Waals surface area contributed by atoms with Crippen LogP contribution in [0.5, 0.6) is 5.75 Å². The van der Waals surface area contributed by atoms with E-state index in [2.05, 4.69) is 4.98 Å². The van der Waals surface area contributed by atoms with Crippen molar-refractivity contribution in [2.24, 2.45) is 5.92 Å². The lowest BCUT2D eigenvalue weighted by Crippen LogP contribution is -2.49. The Bertz CT molecular complexity index is 934. The van der Waals surface area contributed by atoms with Gasteiger partial charge in [-0.2, -0.15) is 4.31 Å². The lowest BCUT2D eigenvalue weighted by atomic mass is 10.0. The molecule has 1 aliphatic heterocycles. The third kappa shape index (κ3) is 4.61. The smallest absolute Gasteiger partial charge is 0.247 e. The maximum absolute atomic E-state index is 13.4. The molecular weight excluding hydrogens is 390 g/mol. The number of pyridine rings is 1. The summed E-state index contributed by atoms with van der Waals surface area (Å²) in [6.07, 6.45) is 3.21. The third-order valence-electron chi connectivity index (χ3n) is 5.23. The second-order valence-electron chi connectivity index (χ2n) is 7.90. The summed E-state index contributed by atoms with van der Waals surface area (Å²) in [5.74, 6) is 0.284. The van der Waals surface area contributed by atoms with Gasteiger partial charge >= 0.3 is 0 Å². The number of aliphatic hydroxyl groups is 1. The first-order valence-electron chi connectivity index (χ1n) is 9.72. The van der Waals surface area contributed by atoms with Crippen molar-refractivity contribution in [1.82, 2.24) is 14.2 Å². The van der Waals surface area contributed by atoms with Crippen molar-refractivity contribution in [2.75, 3.05) is 33.8 Å². The van der Waals surface area contributed by atoms with Crippen LogP contribution in [-0.2, 0) is 10.0 Å². The Morgan fingerprint density at radius 1 is 1.24 bits per heavy atom. The Hall–Kier alpha value is -2.00. The maximum Gasteiger partial charge on any atom is 0.247 e. The zero-order valence-electron chi connectivity index (χ0n) is 17.3. The Labute approximate surface area is 173 Å². The molecule has 158 valence electrons. The molecule has 0 spiro atoms. The summed E-state index contributed by atoms with van der Waals surface area (Å²) >= 11 is 0. The fraction of sp³-hybridized carbons (Fsp3) is 0.476. The normalized spacial score (nSPS) is 23.0. The number of nitrogens with zero attached hydrogens (tertiary/aromatic N) is 3. The van der Waals surface area contributed by atoms with Gasteiger partial charge in [-0.15, -0.1) is 0 Å². The fourth-order valence-corrected chi connectivity index (χ4v) is 5.35. The number of hydrogen-bond donors (Lipinski definition) is 1. The summed E-state index contributed by atoms with van der Waals surface area (Å²) in [7, 11) is 0.117. The molecule has 0 radical (unpaired) electrons. The molecule has 0 aliphatic carbocycles. The Morgan fingerprint density at radius 2 is 1.93 bits per heavy atom. The van der Waals surface area contributed by atoms with Crippen LogP contribution in [0.15, 0.2) is 47.6 Å². The number of aromatic nitrogens is 1. The van der Waals surface area contributed by atoms with Crippen molar-refractivity contribution in [3.63, 3.8) is 0 Å². The van der Waals surface area contributed by atoms with Crippen LogP contribution in [-0.4, -0.2) is 73.7 Å². The van der Waals surface area contributed by atoms with Crippen LogP contribution < -0.4 is 4.74 Å². The van der Waals surface area contributed by atoms with Gasteiger partial charge in [0.25, 0.3) is 0 Å². The molecule has 8 heteroatoms. The number of hydrogen-bond acceptors (Lipinski definition) is 6. The highest BCUT2D eigenvalue weighted by atomic mass is 32.2. The molecule has 2 aromatic rings. The van der Waals surface area contributed by atoms with Crippen molar-refractivity contribution in [3.8, 4) is 16.9 Å². The number of rotatable bonds is 5. The number of fused-ring (bicyclic) bond motifs is 1. The van der Waals surface area contributed by atoms with Gasteiger partial charge in [0.1, 0.15) is 16.7 Å². The van der Waals surface area contributed by atoms with E-state index in [1.165, 1.54) is 4.31 Å².